The smallest absolute Gasteiger partial charge is 0.337 e. The number of aromatic carboxylic acids is 1. The minimum atomic E-state index is -1.00. The standard InChI is InChI=1S/C30H34F2N6O3/c1-16-11-22(34-18(3)23(16)28(40)41)36-8-9-38(30(6,7)15-36)27(39)21-13-33-26-25(35-21)29(4,5)14-37(26)19-10-17(2)24(32)20(31)12-19/h10-13H,8-9,14-15H2,1-7H3,(H,40,41). The van der Waals surface area contributed by atoms with Gasteiger partial charge in [-0.15, -0.1) is 0 Å². The molecule has 0 spiro atoms. The summed E-state index contributed by atoms with van der Waals surface area (Å²) in [6, 6.07) is 4.51. The van der Waals surface area contributed by atoms with E-state index in [-0.39, 0.29) is 22.7 Å². The molecule has 0 unspecified atom stereocenters. The number of rotatable bonds is 4. The zero-order valence-corrected chi connectivity index (χ0v) is 24.3. The van der Waals surface area contributed by atoms with Crippen molar-refractivity contribution in [2.75, 3.05) is 36.0 Å². The lowest BCUT2D eigenvalue weighted by Crippen LogP contribution is -2.61. The van der Waals surface area contributed by atoms with Gasteiger partial charge in [0.1, 0.15) is 11.5 Å². The van der Waals surface area contributed by atoms with Crippen molar-refractivity contribution in [2.45, 2.75) is 59.4 Å². The molecule has 1 N–H and O–H groups in total. The van der Waals surface area contributed by atoms with Crippen LogP contribution in [-0.4, -0.2) is 68.6 Å². The van der Waals surface area contributed by atoms with E-state index in [1.807, 2.05) is 27.7 Å². The molecule has 1 saturated heterocycles. The Morgan fingerprint density at radius 2 is 1.66 bits per heavy atom. The van der Waals surface area contributed by atoms with E-state index in [4.69, 9.17) is 4.98 Å². The lowest BCUT2D eigenvalue weighted by molar-refractivity contribution is 0.0506. The summed E-state index contributed by atoms with van der Waals surface area (Å²) in [5.74, 6) is -1.85. The number of nitrogens with zero attached hydrogens (tertiary/aromatic N) is 6. The van der Waals surface area contributed by atoms with E-state index < -0.39 is 28.6 Å². The second-order valence-electron chi connectivity index (χ2n) is 12.2. The van der Waals surface area contributed by atoms with E-state index in [1.54, 1.807) is 35.8 Å². The maximum absolute atomic E-state index is 14.2. The molecular formula is C30H34F2N6O3. The van der Waals surface area contributed by atoms with E-state index >= 15 is 0 Å². The zero-order valence-electron chi connectivity index (χ0n) is 24.3. The maximum Gasteiger partial charge on any atom is 0.337 e. The van der Waals surface area contributed by atoms with Crippen molar-refractivity contribution in [1.82, 2.24) is 19.9 Å². The summed E-state index contributed by atoms with van der Waals surface area (Å²) in [5, 5.41) is 9.49. The highest BCUT2D eigenvalue weighted by Gasteiger charge is 2.42. The third-order valence-corrected chi connectivity index (χ3v) is 8.00. The Bertz CT molecular complexity index is 1540. The summed E-state index contributed by atoms with van der Waals surface area (Å²) in [6.45, 7) is 14.7. The Morgan fingerprint density at radius 3 is 2.27 bits per heavy atom. The highest BCUT2D eigenvalue weighted by molar-refractivity contribution is 5.93. The molecule has 1 fully saturated rings. The van der Waals surface area contributed by atoms with Crippen LogP contribution in [0.15, 0.2) is 24.4 Å². The zero-order chi connectivity index (χ0) is 30.0. The van der Waals surface area contributed by atoms with E-state index in [2.05, 4.69) is 14.9 Å². The second kappa shape index (κ2) is 9.74. The van der Waals surface area contributed by atoms with Gasteiger partial charge in [0.25, 0.3) is 5.91 Å². The summed E-state index contributed by atoms with van der Waals surface area (Å²) in [7, 11) is 0. The van der Waals surface area contributed by atoms with Crippen LogP contribution in [0.3, 0.4) is 0 Å². The molecule has 3 aromatic rings. The van der Waals surface area contributed by atoms with Crippen LogP contribution < -0.4 is 9.80 Å². The molecule has 9 nitrogen and oxygen atoms in total. The normalized spacial score (nSPS) is 17.5. The number of pyridine rings is 1. The third kappa shape index (κ3) is 4.87. The number of carboxylic acids is 1. The predicted octanol–water partition coefficient (Wildman–Crippen LogP) is 4.94. The Hall–Kier alpha value is -4.15. The van der Waals surface area contributed by atoms with Crippen molar-refractivity contribution < 1.29 is 23.5 Å². The fraction of sp³-hybridized carbons (Fsp3) is 0.433. The average Bonchev–Trinajstić information content (AvgIpc) is 3.15. The first-order valence-electron chi connectivity index (χ1n) is 13.5. The molecule has 41 heavy (non-hydrogen) atoms. The molecule has 0 atom stereocenters. The summed E-state index contributed by atoms with van der Waals surface area (Å²) >= 11 is 0. The highest BCUT2D eigenvalue weighted by Crippen LogP contribution is 2.42. The van der Waals surface area contributed by atoms with Crippen LogP contribution in [0.1, 0.15) is 71.1 Å². The Kier molecular flexibility index (Phi) is 6.74. The van der Waals surface area contributed by atoms with E-state index in [0.717, 1.165) is 6.07 Å². The first kappa shape index (κ1) is 28.4. The number of anilines is 3. The number of hydrogen-bond donors (Lipinski definition) is 1. The molecular weight excluding hydrogens is 530 g/mol. The Labute approximate surface area is 237 Å². The topological polar surface area (TPSA) is 103 Å². The van der Waals surface area contributed by atoms with Gasteiger partial charge in [-0.1, -0.05) is 13.8 Å². The number of halogens is 2. The van der Waals surface area contributed by atoms with E-state index in [1.165, 1.54) is 13.1 Å². The van der Waals surface area contributed by atoms with Crippen molar-refractivity contribution in [3.63, 3.8) is 0 Å². The van der Waals surface area contributed by atoms with Crippen LogP contribution in [0.5, 0.6) is 0 Å². The molecule has 2 aliphatic heterocycles. The summed E-state index contributed by atoms with van der Waals surface area (Å²) in [6.07, 6.45) is 1.45. The van der Waals surface area contributed by atoms with Crippen molar-refractivity contribution in [3.05, 3.63) is 69.8 Å². The third-order valence-electron chi connectivity index (χ3n) is 8.00. The first-order chi connectivity index (χ1) is 19.1. The van der Waals surface area contributed by atoms with Crippen LogP contribution >= 0.6 is 0 Å². The van der Waals surface area contributed by atoms with Crippen LogP contribution in [0.4, 0.5) is 26.1 Å². The van der Waals surface area contributed by atoms with Gasteiger partial charge >= 0.3 is 5.97 Å². The molecule has 0 bridgehead atoms. The fourth-order valence-electron chi connectivity index (χ4n) is 5.92. The van der Waals surface area contributed by atoms with Gasteiger partial charge in [0, 0.05) is 43.3 Å². The lowest BCUT2D eigenvalue weighted by atomic mass is 9.92. The molecule has 0 saturated carbocycles. The molecule has 1 amide bonds. The van der Waals surface area contributed by atoms with E-state index in [0.29, 0.717) is 60.5 Å². The van der Waals surface area contributed by atoms with Crippen molar-refractivity contribution >= 4 is 29.2 Å². The number of benzene rings is 1. The van der Waals surface area contributed by atoms with Gasteiger partial charge in [0.2, 0.25) is 0 Å². The number of hydrogen-bond acceptors (Lipinski definition) is 7. The van der Waals surface area contributed by atoms with Crippen LogP contribution in [0.25, 0.3) is 0 Å². The molecule has 0 aliphatic carbocycles. The lowest BCUT2D eigenvalue weighted by Gasteiger charge is -2.47. The molecule has 216 valence electrons. The number of piperazine rings is 1. The molecule has 2 aromatic heterocycles. The monoisotopic (exact) mass is 564 g/mol. The van der Waals surface area contributed by atoms with Crippen molar-refractivity contribution in [3.8, 4) is 0 Å². The number of carbonyl (C=O) groups excluding carboxylic acids is 1. The van der Waals surface area contributed by atoms with Gasteiger partial charge in [-0.05, 0) is 57.9 Å². The molecule has 1 aromatic carbocycles. The number of carboxylic acid groups (broad SMARTS) is 1. The summed E-state index contributed by atoms with van der Waals surface area (Å²) < 4.78 is 28.2. The average molecular weight is 565 g/mol. The van der Waals surface area contributed by atoms with E-state index in [9.17, 15) is 23.5 Å². The molecule has 0 radical (unpaired) electrons. The fourth-order valence-corrected chi connectivity index (χ4v) is 5.92. The maximum atomic E-state index is 14.2. The SMILES string of the molecule is Cc1cc(N2CC(C)(C)c3nc(C(=O)N4CCN(c5cc(C)c(C(=O)O)c(C)n5)CC4(C)C)cnc32)cc(F)c1F. The number of aromatic nitrogens is 3. The molecule has 4 heterocycles. The number of fused-ring (bicyclic) bond motifs is 1. The minimum Gasteiger partial charge on any atom is -0.478 e. The predicted molar refractivity (Wildman–Crippen MR) is 151 cm³/mol. The van der Waals surface area contributed by atoms with Crippen LogP contribution in [0, 0.1) is 32.4 Å². The Morgan fingerprint density at radius 1 is 0.951 bits per heavy atom. The quantitative estimate of drug-likeness (QED) is 0.475. The summed E-state index contributed by atoms with van der Waals surface area (Å²) in [5.41, 5.74) is 1.74. The second-order valence-corrected chi connectivity index (χ2v) is 12.2. The van der Waals surface area contributed by atoms with Crippen molar-refractivity contribution in [2.24, 2.45) is 0 Å². The van der Waals surface area contributed by atoms with Gasteiger partial charge in [0.05, 0.1) is 28.7 Å². The number of aryl methyl sites for hydroxylation is 3. The van der Waals surface area contributed by atoms with Crippen LogP contribution in [-0.2, 0) is 5.41 Å². The van der Waals surface area contributed by atoms with Gasteiger partial charge in [0.15, 0.2) is 17.5 Å². The first-order valence-corrected chi connectivity index (χ1v) is 13.5. The molecule has 2 aliphatic rings. The van der Waals surface area contributed by atoms with Gasteiger partial charge in [-0.2, -0.15) is 0 Å². The number of amides is 1. The molecule has 11 heteroatoms. The largest absolute Gasteiger partial charge is 0.478 e. The minimum absolute atomic E-state index is 0.200. The van der Waals surface area contributed by atoms with Gasteiger partial charge in [-0.25, -0.2) is 28.5 Å². The summed E-state index contributed by atoms with van der Waals surface area (Å²) in [4.78, 5) is 44.9. The Balaban J connectivity index is 1.40. The van der Waals surface area contributed by atoms with Crippen LogP contribution in [0.2, 0.25) is 0 Å². The van der Waals surface area contributed by atoms with Gasteiger partial charge < -0.3 is 19.8 Å². The molecule has 5 rings (SSSR count). The van der Waals surface area contributed by atoms with Crippen molar-refractivity contribution in [1.29, 1.82) is 0 Å². The van der Waals surface area contributed by atoms with Gasteiger partial charge in [-0.3, -0.25) is 4.79 Å². The highest BCUT2D eigenvalue weighted by atomic mass is 19.2. The number of carbonyl (C=O) groups is 2.